The lowest BCUT2D eigenvalue weighted by Gasteiger charge is -2.22. The summed E-state index contributed by atoms with van der Waals surface area (Å²) in [5, 5.41) is 9.13. The van der Waals surface area contributed by atoms with Gasteiger partial charge >= 0.3 is 0 Å². The molecule has 0 fully saturated rings. The smallest absolute Gasteiger partial charge is 0.232 e. The van der Waals surface area contributed by atoms with Gasteiger partial charge in [0.25, 0.3) is 0 Å². The third-order valence-corrected chi connectivity index (χ3v) is 3.77. The van der Waals surface area contributed by atoms with Gasteiger partial charge in [-0.3, -0.25) is 4.31 Å². The van der Waals surface area contributed by atoms with Crippen molar-refractivity contribution in [3.63, 3.8) is 0 Å². The fraction of sp³-hybridized carbons (Fsp3) is 0.455. The summed E-state index contributed by atoms with van der Waals surface area (Å²) in [4.78, 5) is 0. The van der Waals surface area contributed by atoms with Gasteiger partial charge in [-0.05, 0) is 11.6 Å². The van der Waals surface area contributed by atoms with Crippen molar-refractivity contribution in [2.24, 2.45) is 0 Å². The first kappa shape index (κ1) is 13.0. The largest absolute Gasteiger partial charge is 0.396 e. The zero-order valence-electron chi connectivity index (χ0n) is 9.71. The second kappa shape index (κ2) is 4.84. The summed E-state index contributed by atoms with van der Waals surface area (Å²) in [5.41, 5.74) is 1.45. The van der Waals surface area contributed by atoms with E-state index in [4.69, 9.17) is 5.11 Å². The molecule has 0 bridgehead atoms. The Labute approximate surface area is 96.6 Å². The molecule has 1 aromatic carbocycles. The average Bonchev–Trinajstić information content (AvgIpc) is 2.25. The van der Waals surface area contributed by atoms with Crippen LogP contribution in [-0.2, 0) is 10.0 Å². The number of anilines is 1. The fourth-order valence-electron chi connectivity index (χ4n) is 1.47. The minimum absolute atomic E-state index is 0.00534. The Morgan fingerprint density at radius 3 is 2.44 bits per heavy atom. The molecule has 0 saturated carbocycles. The van der Waals surface area contributed by atoms with Crippen LogP contribution in [0.25, 0.3) is 0 Å². The number of aliphatic hydroxyl groups excluding tert-OH is 1. The molecule has 0 heterocycles. The van der Waals surface area contributed by atoms with Crippen LogP contribution in [0.3, 0.4) is 0 Å². The van der Waals surface area contributed by atoms with Crippen molar-refractivity contribution in [2.75, 3.05) is 24.2 Å². The van der Waals surface area contributed by atoms with Crippen molar-refractivity contribution in [3.8, 4) is 0 Å². The molecule has 0 aliphatic heterocycles. The first-order valence-corrected chi connectivity index (χ1v) is 6.86. The molecule has 0 spiro atoms. The molecule has 0 saturated heterocycles. The minimum atomic E-state index is -3.27. The van der Waals surface area contributed by atoms with E-state index < -0.39 is 10.0 Å². The van der Waals surface area contributed by atoms with E-state index in [0.717, 1.165) is 11.8 Å². The van der Waals surface area contributed by atoms with Gasteiger partial charge < -0.3 is 5.11 Å². The molecule has 4 nitrogen and oxygen atoms in total. The van der Waals surface area contributed by atoms with Crippen LogP contribution in [0.4, 0.5) is 5.69 Å². The standard InChI is InChI=1S/C11H17NO3S/c1-9(8-13)10-6-4-5-7-11(10)12(2)16(3,14)15/h4-7,9,13H,8H2,1-3H3. The highest BCUT2D eigenvalue weighted by molar-refractivity contribution is 7.92. The molecule has 5 heteroatoms. The third-order valence-electron chi connectivity index (χ3n) is 2.58. The van der Waals surface area contributed by atoms with E-state index in [1.165, 1.54) is 11.4 Å². The van der Waals surface area contributed by atoms with Crippen molar-refractivity contribution in [3.05, 3.63) is 29.8 Å². The molecule has 0 aliphatic rings. The Hall–Kier alpha value is -1.07. The molecule has 0 aromatic heterocycles. The van der Waals surface area contributed by atoms with E-state index in [2.05, 4.69) is 0 Å². The van der Waals surface area contributed by atoms with Gasteiger partial charge in [-0.1, -0.05) is 25.1 Å². The summed E-state index contributed by atoms with van der Waals surface area (Å²) in [6.07, 6.45) is 1.16. The molecular formula is C11H17NO3S. The maximum Gasteiger partial charge on any atom is 0.232 e. The van der Waals surface area contributed by atoms with Gasteiger partial charge in [0.05, 0.1) is 11.9 Å². The summed E-state index contributed by atoms with van der Waals surface area (Å²) >= 11 is 0. The molecule has 0 amide bonds. The Morgan fingerprint density at radius 2 is 1.94 bits per heavy atom. The van der Waals surface area contributed by atoms with E-state index in [1.807, 2.05) is 19.1 Å². The van der Waals surface area contributed by atoms with Crippen molar-refractivity contribution in [1.82, 2.24) is 0 Å². The van der Waals surface area contributed by atoms with E-state index in [1.54, 1.807) is 12.1 Å². The number of nitrogens with zero attached hydrogens (tertiary/aromatic N) is 1. The zero-order valence-corrected chi connectivity index (χ0v) is 10.5. The second-order valence-corrected chi connectivity index (χ2v) is 5.89. The number of benzene rings is 1. The first-order chi connectivity index (χ1) is 7.38. The van der Waals surface area contributed by atoms with Gasteiger partial charge in [-0.2, -0.15) is 0 Å². The maximum absolute atomic E-state index is 11.5. The van der Waals surface area contributed by atoms with Gasteiger partial charge in [-0.15, -0.1) is 0 Å². The highest BCUT2D eigenvalue weighted by Crippen LogP contribution is 2.27. The Morgan fingerprint density at radius 1 is 1.38 bits per heavy atom. The van der Waals surface area contributed by atoms with Gasteiger partial charge in [0.1, 0.15) is 0 Å². The zero-order chi connectivity index (χ0) is 12.3. The van der Waals surface area contributed by atoms with Crippen molar-refractivity contribution in [1.29, 1.82) is 0 Å². The lowest BCUT2D eigenvalue weighted by molar-refractivity contribution is 0.273. The average molecular weight is 243 g/mol. The molecule has 1 rings (SSSR count). The van der Waals surface area contributed by atoms with Crippen molar-refractivity contribution >= 4 is 15.7 Å². The molecule has 1 aromatic rings. The van der Waals surface area contributed by atoms with Crippen LogP contribution in [0, 0.1) is 0 Å². The molecule has 0 radical (unpaired) electrons. The van der Waals surface area contributed by atoms with Crippen LogP contribution >= 0.6 is 0 Å². The van der Waals surface area contributed by atoms with Gasteiger partial charge in [0.2, 0.25) is 10.0 Å². The predicted molar refractivity (Wildman–Crippen MR) is 65.2 cm³/mol. The third kappa shape index (κ3) is 2.74. The predicted octanol–water partition coefficient (Wildman–Crippen LogP) is 1.18. The van der Waals surface area contributed by atoms with E-state index >= 15 is 0 Å². The van der Waals surface area contributed by atoms with Crippen molar-refractivity contribution < 1.29 is 13.5 Å². The molecule has 1 atom stereocenters. The van der Waals surface area contributed by atoms with Crippen LogP contribution in [0.15, 0.2) is 24.3 Å². The van der Waals surface area contributed by atoms with Gasteiger partial charge in [0, 0.05) is 19.6 Å². The highest BCUT2D eigenvalue weighted by Gasteiger charge is 2.17. The molecule has 16 heavy (non-hydrogen) atoms. The summed E-state index contributed by atoms with van der Waals surface area (Å²) in [5.74, 6) is -0.0830. The summed E-state index contributed by atoms with van der Waals surface area (Å²) in [6, 6.07) is 7.19. The lowest BCUT2D eigenvalue weighted by Crippen LogP contribution is -2.26. The van der Waals surface area contributed by atoms with Crippen LogP contribution in [0.5, 0.6) is 0 Å². The monoisotopic (exact) mass is 243 g/mol. The number of hydrogen-bond donors (Lipinski definition) is 1. The van der Waals surface area contributed by atoms with E-state index in [-0.39, 0.29) is 12.5 Å². The summed E-state index contributed by atoms with van der Waals surface area (Å²) in [6.45, 7) is 1.85. The minimum Gasteiger partial charge on any atom is -0.396 e. The van der Waals surface area contributed by atoms with E-state index in [9.17, 15) is 8.42 Å². The highest BCUT2D eigenvalue weighted by atomic mass is 32.2. The first-order valence-electron chi connectivity index (χ1n) is 5.01. The maximum atomic E-state index is 11.5. The SMILES string of the molecule is CC(CO)c1ccccc1N(C)S(C)(=O)=O. The normalized spacial score (nSPS) is 13.5. The summed E-state index contributed by atoms with van der Waals surface area (Å²) < 4.78 is 24.1. The molecule has 1 unspecified atom stereocenters. The number of aliphatic hydroxyl groups is 1. The van der Waals surface area contributed by atoms with Crippen LogP contribution in [0.2, 0.25) is 0 Å². The topological polar surface area (TPSA) is 57.6 Å². The second-order valence-electron chi connectivity index (χ2n) is 3.87. The lowest BCUT2D eigenvalue weighted by atomic mass is 10.0. The van der Waals surface area contributed by atoms with Crippen LogP contribution in [0.1, 0.15) is 18.4 Å². The fourth-order valence-corrected chi connectivity index (χ4v) is 1.99. The van der Waals surface area contributed by atoms with Crippen LogP contribution in [-0.4, -0.2) is 33.4 Å². The molecular weight excluding hydrogens is 226 g/mol. The molecule has 90 valence electrons. The van der Waals surface area contributed by atoms with Crippen LogP contribution < -0.4 is 4.31 Å². The molecule has 0 aliphatic carbocycles. The van der Waals surface area contributed by atoms with Crippen molar-refractivity contribution in [2.45, 2.75) is 12.8 Å². The number of hydrogen-bond acceptors (Lipinski definition) is 3. The quantitative estimate of drug-likeness (QED) is 0.864. The Kier molecular flexibility index (Phi) is 3.93. The summed E-state index contributed by atoms with van der Waals surface area (Å²) in [7, 11) is -1.76. The van der Waals surface area contributed by atoms with E-state index in [0.29, 0.717) is 5.69 Å². The molecule has 1 N–H and O–H groups in total. The van der Waals surface area contributed by atoms with Gasteiger partial charge in [-0.25, -0.2) is 8.42 Å². The number of para-hydroxylation sites is 1. The Balaban J connectivity index is 3.24. The van der Waals surface area contributed by atoms with Gasteiger partial charge in [0.15, 0.2) is 0 Å². The number of rotatable bonds is 4. The number of sulfonamides is 1. The Bertz CT molecular complexity index is 456.